The van der Waals surface area contributed by atoms with Crippen LogP contribution in [0.15, 0.2) is 36.5 Å². The highest BCUT2D eigenvalue weighted by Crippen LogP contribution is 2.33. The Morgan fingerprint density at radius 2 is 2.00 bits per heavy atom. The number of hydrogen-bond acceptors (Lipinski definition) is 2. The summed E-state index contributed by atoms with van der Waals surface area (Å²) in [5.74, 6) is 0.700. The molecule has 1 heterocycles. The Hall–Kier alpha value is -1.41. The number of aromatic nitrogens is 1. The summed E-state index contributed by atoms with van der Waals surface area (Å²) in [6.45, 7) is 0. The Bertz CT molecular complexity index is 531. The van der Waals surface area contributed by atoms with Crippen LogP contribution in [-0.2, 0) is 0 Å². The van der Waals surface area contributed by atoms with Crippen LogP contribution in [0, 0.1) is 5.92 Å². The number of hydrogen-bond donors (Lipinski definition) is 1. The molecule has 0 radical (unpaired) electrons. The van der Waals surface area contributed by atoms with E-state index in [1.54, 1.807) is 0 Å². The van der Waals surface area contributed by atoms with Crippen LogP contribution in [0.1, 0.15) is 43.8 Å². The van der Waals surface area contributed by atoms with Gasteiger partial charge in [0.2, 0.25) is 0 Å². The number of aliphatic hydroxyl groups is 1. The molecule has 2 aromatic rings. The molecule has 2 heteroatoms. The summed E-state index contributed by atoms with van der Waals surface area (Å²) < 4.78 is 0. The van der Waals surface area contributed by atoms with E-state index in [2.05, 4.69) is 11.1 Å². The number of pyridine rings is 1. The standard InChI is InChI=1S/C16H19NO/c18-16(9-12-5-1-2-6-12)14-10-13-7-3-4-8-15(13)17-11-14/h3-4,7-8,10-12,16,18H,1-2,5-6,9H2. The monoisotopic (exact) mass is 241 g/mol. The lowest BCUT2D eigenvalue weighted by Crippen LogP contribution is -2.04. The Balaban J connectivity index is 1.80. The fourth-order valence-electron chi connectivity index (χ4n) is 2.97. The van der Waals surface area contributed by atoms with Gasteiger partial charge in [0, 0.05) is 11.6 Å². The van der Waals surface area contributed by atoms with E-state index >= 15 is 0 Å². The number of nitrogens with zero attached hydrogens (tertiary/aromatic N) is 1. The molecular weight excluding hydrogens is 222 g/mol. The Kier molecular flexibility index (Phi) is 3.28. The fourth-order valence-corrected chi connectivity index (χ4v) is 2.97. The van der Waals surface area contributed by atoms with Crippen molar-refractivity contribution in [3.63, 3.8) is 0 Å². The molecule has 0 aliphatic heterocycles. The van der Waals surface area contributed by atoms with Gasteiger partial charge in [0.25, 0.3) is 0 Å². The second-order valence-electron chi connectivity index (χ2n) is 5.36. The highest BCUT2D eigenvalue weighted by atomic mass is 16.3. The van der Waals surface area contributed by atoms with Crippen LogP contribution in [0.3, 0.4) is 0 Å². The average Bonchev–Trinajstić information content (AvgIpc) is 2.91. The van der Waals surface area contributed by atoms with E-state index in [9.17, 15) is 5.11 Å². The van der Waals surface area contributed by atoms with Crippen LogP contribution < -0.4 is 0 Å². The van der Waals surface area contributed by atoms with Gasteiger partial charge in [0.1, 0.15) is 0 Å². The van der Waals surface area contributed by atoms with E-state index in [-0.39, 0.29) is 6.10 Å². The van der Waals surface area contributed by atoms with Crippen LogP contribution in [0.5, 0.6) is 0 Å². The van der Waals surface area contributed by atoms with Crippen LogP contribution in [0.25, 0.3) is 10.9 Å². The normalized spacial score (nSPS) is 18.3. The SMILES string of the molecule is OC(CC1CCCC1)c1cnc2ccccc2c1. The first-order chi connectivity index (χ1) is 8.83. The molecule has 3 rings (SSSR count). The molecule has 0 saturated heterocycles. The summed E-state index contributed by atoms with van der Waals surface area (Å²) in [4.78, 5) is 4.42. The highest BCUT2D eigenvalue weighted by Gasteiger charge is 2.20. The number of fused-ring (bicyclic) bond motifs is 1. The Morgan fingerprint density at radius 3 is 2.83 bits per heavy atom. The zero-order chi connectivity index (χ0) is 12.4. The van der Waals surface area contributed by atoms with Crippen molar-refractivity contribution < 1.29 is 5.11 Å². The molecule has 1 aromatic carbocycles. The summed E-state index contributed by atoms with van der Waals surface area (Å²) in [6.07, 6.45) is 7.56. The molecule has 1 aromatic heterocycles. The summed E-state index contributed by atoms with van der Waals surface area (Å²) in [7, 11) is 0. The van der Waals surface area contributed by atoms with Crippen LogP contribution >= 0.6 is 0 Å². The average molecular weight is 241 g/mol. The topological polar surface area (TPSA) is 33.1 Å². The van der Waals surface area contributed by atoms with Crippen molar-refractivity contribution in [2.24, 2.45) is 5.92 Å². The zero-order valence-corrected chi connectivity index (χ0v) is 10.5. The minimum Gasteiger partial charge on any atom is -0.388 e. The van der Waals surface area contributed by atoms with Gasteiger partial charge in [-0.2, -0.15) is 0 Å². The summed E-state index contributed by atoms with van der Waals surface area (Å²) in [6, 6.07) is 10.1. The fraction of sp³-hybridized carbons (Fsp3) is 0.438. The van der Waals surface area contributed by atoms with E-state index in [0.29, 0.717) is 5.92 Å². The van der Waals surface area contributed by atoms with Crippen LogP contribution in [0.4, 0.5) is 0 Å². The Morgan fingerprint density at radius 1 is 1.22 bits per heavy atom. The number of para-hydroxylation sites is 1. The van der Waals surface area contributed by atoms with E-state index in [1.165, 1.54) is 25.7 Å². The summed E-state index contributed by atoms with van der Waals surface area (Å²) in [5.41, 5.74) is 1.95. The number of benzene rings is 1. The largest absolute Gasteiger partial charge is 0.388 e. The van der Waals surface area contributed by atoms with Gasteiger partial charge in [-0.1, -0.05) is 43.9 Å². The lowest BCUT2D eigenvalue weighted by molar-refractivity contribution is 0.144. The predicted octanol–water partition coefficient (Wildman–Crippen LogP) is 3.85. The number of aliphatic hydroxyl groups excluding tert-OH is 1. The van der Waals surface area contributed by atoms with Gasteiger partial charge >= 0.3 is 0 Å². The van der Waals surface area contributed by atoms with Gasteiger partial charge in [-0.3, -0.25) is 4.98 Å². The zero-order valence-electron chi connectivity index (χ0n) is 10.5. The first-order valence-corrected chi connectivity index (χ1v) is 6.86. The minimum absolute atomic E-state index is 0.356. The van der Waals surface area contributed by atoms with E-state index in [1.807, 2.05) is 30.5 Å². The molecule has 1 saturated carbocycles. The molecule has 0 amide bonds. The van der Waals surface area contributed by atoms with Crippen molar-refractivity contribution in [1.82, 2.24) is 4.98 Å². The van der Waals surface area contributed by atoms with Crippen LogP contribution in [-0.4, -0.2) is 10.1 Å². The maximum atomic E-state index is 10.3. The molecule has 1 unspecified atom stereocenters. The molecule has 0 bridgehead atoms. The molecular formula is C16H19NO. The van der Waals surface area contributed by atoms with Crippen molar-refractivity contribution in [3.05, 3.63) is 42.1 Å². The molecule has 0 spiro atoms. The predicted molar refractivity (Wildman–Crippen MR) is 73.3 cm³/mol. The Labute approximate surface area is 108 Å². The maximum Gasteiger partial charge on any atom is 0.0807 e. The molecule has 1 aliphatic carbocycles. The molecule has 2 nitrogen and oxygen atoms in total. The minimum atomic E-state index is -0.356. The van der Waals surface area contributed by atoms with Crippen molar-refractivity contribution >= 4 is 10.9 Å². The van der Waals surface area contributed by atoms with Gasteiger partial charge in [-0.15, -0.1) is 0 Å². The van der Waals surface area contributed by atoms with Gasteiger partial charge < -0.3 is 5.11 Å². The lowest BCUT2D eigenvalue weighted by atomic mass is 9.96. The molecule has 18 heavy (non-hydrogen) atoms. The first kappa shape index (κ1) is 11.7. The third-order valence-electron chi connectivity index (χ3n) is 4.03. The molecule has 94 valence electrons. The quantitative estimate of drug-likeness (QED) is 0.885. The molecule has 1 N–H and O–H groups in total. The second kappa shape index (κ2) is 5.07. The van der Waals surface area contributed by atoms with Gasteiger partial charge in [0.15, 0.2) is 0 Å². The van der Waals surface area contributed by atoms with Gasteiger partial charge in [-0.05, 0) is 30.0 Å². The van der Waals surface area contributed by atoms with Crippen molar-refractivity contribution in [3.8, 4) is 0 Å². The molecule has 1 aliphatic rings. The van der Waals surface area contributed by atoms with Crippen molar-refractivity contribution in [2.75, 3.05) is 0 Å². The van der Waals surface area contributed by atoms with E-state index in [4.69, 9.17) is 0 Å². The maximum absolute atomic E-state index is 10.3. The third kappa shape index (κ3) is 2.39. The summed E-state index contributed by atoms with van der Waals surface area (Å²) >= 11 is 0. The van der Waals surface area contributed by atoms with Gasteiger partial charge in [0.05, 0.1) is 11.6 Å². The second-order valence-corrected chi connectivity index (χ2v) is 5.36. The van der Waals surface area contributed by atoms with Crippen molar-refractivity contribution in [2.45, 2.75) is 38.2 Å². The summed E-state index contributed by atoms with van der Waals surface area (Å²) in [5, 5.41) is 11.4. The van der Waals surface area contributed by atoms with Gasteiger partial charge in [-0.25, -0.2) is 0 Å². The van der Waals surface area contributed by atoms with Crippen molar-refractivity contribution in [1.29, 1.82) is 0 Å². The number of rotatable bonds is 3. The van der Waals surface area contributed by atoms with E-state index in [0.717, 1.165) is 22.9 Å². The first-order valence-electron chi connectivity index (χ1n) is 6.86. The van der Waals surface area contributed by atoms with E-state index < -0.39 is 0 Å². The highest BCUT2D eigenvalue weighted by molar-refractivity contribution is 5.78. The third-order valence-corrected chi connectivity index (χ3v) is 4.03. The van der Waals surface area contributed by atoms with Crippen LogP contribution in [0.2, 0.25) is 0 Å². The molecule has 1 atom stereocenters. The molecule has 1 fully saturated rings. The smallest absolute Gasteiger partial charge is 0.0807 e. The lowest BCUT2D eigenvalue weighted by Gasteiger charge is -2.15.